The van der Waals surface area contributed by atoms with Crippen molar-refractivity contribution in [3.63, 3.8) is 0 Å². The number of amides is 1. The van der Waals surface area contributed by atoms with Crippen molar-refractivity contribution in [2.45, 2.75) is 18.3 Å². The number of hydrogen-bond donors (Lipinski definition) is 1. The zero-order valence-corrected chi connectivity index (χ0v) is 14.3. The van der Waals surface area contributed by atoms with Crippen LogP contribution in [-0.2, 0) is 5.72 Å². The highest BCUT2D eigenvalue weighted by Crippen LogP contribution is 2.40. The molecule has 1 N–H and O–H groups in total. The van der Waals surface area contributed by atoms with Crippen molar-refractivity contribution in [2.75, 3.05) is 0 Å². The molecule has 2 aromatic carbocycles. The molecule has 0 spiro atoms. The van der Waals surface area contributed by atoms with Crippen LogP contribution in [0.3, 0.4) is 0 Å². The lowest BCUT2D eigenvalue weighted by Gasteiger charge is -2.31. The maximum atomic E-state index is 13.1. The summed E-state index contributed by atoms with van der Waals surface area (Å²) in [6.07, 6.45) is -5.58. The molecule has 0 unspecified atom stereocenters. The van der Waals surface area contributed by atoms with Gasteiger partial charge in [-0.3, -0.25) is 4.79 Å². The van der Waals surface area contributed by atoms with Gasteiger partial charge in [-0.2, -0.15) is 23.3 Å². The Morgan fingerprint density at radius 1 is 1.12 bits per heavy atom. The number of carbonyl (C=O) groups is 1. The van der Waals surface area contributed by atoms with E-state index >= 15 is 0 Å². The molecule has 1 heterocycles. The van der Waals surface area contributed by atoms with Crippen molar-refractivity contribution >= 4 is 27.5 Å². The summed E-state index contributed by atoms with van der Waals surface area (Å²) in [6.45, 7) is 0. The maximum absolute atomic E-state index is 13.1. The third-order valence-electron chi connectivity index (χ3n) is 3.83. The fourth-order valence-electron chi connectivity index (χ4n) is 2.56. The Hall–Kier alpha value is -2.19. The summed E-state index contributed by atoms with van der Waals surface area (Å²) in [6, 6.07) is 13.8. The van der Waals surface area contributed by atoms with Crippen LogP contribution in [-0.4, -0.2) is 27.9 Å². The van der Waals surface area contributed by atoms with E-state index in [4.69, 9.17) is 0 Å². The molecule has 1 amide bonds. The van der Waals surface area contributed by atoms with Crippen LogP contribution in [0.5, 0.6) is 0 Å². The van der Waals surface area contributed by atoms with Crippen LogP contribution in [0.2, 0.25) is 0 Å². The Bertz CT molecular complexity index is 822. The summed E-state index contributed by atoms with van der Waals surface area (Å²) in [5.74, 6) is -0.815. The predicted molar refractivity (Wildman–Crippen MR) is 88.8 cm³/mol. The van der Waals surface area contributed by atoms with Gasteiger partial charge >= 0.3 is 6.18 Å². The highest BCUT2D eigenvalue weighted by atomic mass is 79.9. The Labute approximate surface area is 149 Å². The van der Waals surface area contributed by atoms with Gasteiger partial charge in [0.2, 0.25) is 0 Å². The lowest BCUT2D eigenvalue weighted by molar-refractivity contribution is -0.0816. The number of benzene rings is 2. The highest BCUT2D eigenvalue weighted by Gasteiger charge is 2.53. The lowest BCUT2D eigenvalue weighted by Crippen LogP contribution is -2.43. The number of nitrogens with zero attached hydrogens (tertiary/aromatic N) is 2. The fourth-order valence-corrected chi connectivity index (χ4v) is 2.83. The third kappa shape index (κ3) is 3.32. The standard InChI is InChI=1S/C17H12BrF3N2O2/c18-13-8-6-12(7-9-13)16(25)10-14(17(19,20)21)22-23(16)15(24)11-4-2-1-3-5-11/h1-9,25H,10H2/t16-/m1/s1. The molecule has 4 nitrogen and oxygen atoms in total. The molecule has 130 valence electrons. The Kier molecular flexibility index (Phi) is 4.42. The van der Waals surface area contributed by atoms with E-state index < -0.39 is 29.9 Å². The quantitative estimate of drug-likeness (QED) is 0.808. The second-order valence-electron chi connectivity index (χ2n) is 5.53. The van der Waals surface area contributed by atoms with Gasteiger partial charge in [0.1, 0.15) is 5.71 Å². The third-order valence-corrected chi connectivity index (χ3v) is 4.36. The average Bonchev–Trinajstić information content (AvgIpc) is 2.94. The first-order chi connectivity index (χ1) is 11.7. The maximum Gasteiger partial charge on any atom is 0.431 e. The van der Waals surface area contributed by atoms with Crippen molar-refractivity contribution in [3.8, 4) is 0 Å². The molecule has 1 aliphatic heterocycles. The SMILES string of the molecule is O=C(c1ccccc1)N1N=C(C(F)(F)F)C[C@@]1(O)c1ccc(Br)cc1. The molecule has 0 fully saturated rings. The van der Waals surface area contributed by atoms with E-state index in [9.17, 15) is 23.1 Å². The molecule has 3 rings (SSSR count). The number of hydrazone groups is 1. The first kappa shape index (κ1) is 17.6. The molecule has 0 saturated heterocycles. The second-order valence-corrected chi connectivity index (χ2v) is 6.44. The number of hydrogen-bond acceptors (Lipinski definition) is 3. The van der Waals surface area contributed by atoms with Crippen LogP contribution in [0.25, 0.3) is 0 Å². The number of alkyl halides is 3. The molecule has 1 atom stereocenters. The van der Waals surface area contributed by atoms with Crippen LogP contribution in [0, 0.1) is 0 Å². The number of rotatable bonds is 2. The molecule has 25 heavy (non-hydrogen) atoms. The van der Waals surface area contributed by atoms with E-state index in [0.29, 0.717) is 9.48 Å². The monoisotopic (exact) mass is 412 g/mol. The highest BCUT2D eigenvalue weighted by molar-refractivity contribution is 9.10. The van der Waals surface area contributed by atoms with Gasteiger partial charge in [0.15, 0.2) is 5.72 Å². The first-order valence-corrected chi connectivity index (χ1v) is 8.04. The van der Waals surface area contributed by atoms with Crippen molar-refractivity contribution in [2.24, 2.45) is 5.10 Å². The summed E-state index contributed by atoms with van der Waals surface area (Å²) in [5.41, 5.74) is -3.14. The molecule has 0 bridgehead atoms. The summed E-state index contributed by atoms with van der Waals surface area (Å²) in [4.78, 5) is 12.7. The van der Waals surface area contributed by atoms with E-state index in [1.807, 2.05) is 0 Å². The zero-order valence-electron chi connectivity index (χ0n) is 12.7. The largest absolute Gasteiger partial charge is 0.431 e. The van der Waals surface area contributed by atoms with Gasteiger partial charge in [-0.25, -0.2) is 0 Å². The number of halogens is 4. The first-order valence-electron chi connectivity index (χ1n) is 7.24. The van der Waals surface area contributed by atoms with Crippen molar-refractivity contribution in [3.05, 3.63) is 70.2 Å². The zero-order chi connectivity index (χ0) is 18.2. The van der Waals surface area contributed by atoms with Crippen LogP contribution >= 0.6 is 15.9 Å². The van der Waals surface area contributed by atoms with Gasteiger partial charge in [0.25, 0.3) is 5.91 Å². The Balaban J connectivity index is 2.07. The fraction of sp³-hybridized carbons (Fsp3) is 0.176. The molecule has 0 aromatic heterocycles. The molecule has 0 radical (unpaired) electrons. The molecule has 0 saturated carbocycles. The van der Waals surface area contributed by atoms with Gasteiger partial charge < -0.3 is 5.11 Å². The van der Waals surface area contributed by atoms with Crippen molar-refractivity contribution in [1.82, 2.24) is 5.01 Å². The minimum Gasteiger partial charge on any atom is -0.365 e. The normalized spacial score (nSPS) is 20.5. The van der Waals surface area contributed by atoms with Crippen LogP contribution < -0.4 is 0 Å². The molecule has 0 aliphatic carbocycles. The number of carbonyl (C=O) groups excluding carboxylic acids is 1. The minimum atomic E-state index is -4.74. The van der Waals surface area contributed by atoms with Gasteiger partial charge in [-0.05, 0) is 24.3 Å². The molecular weight excluding hydrogens is 401 g/mol. The van der Waals surface area contributed by atoms with Gasteiger partial charge in [0, 0.05) is 15.6 Å². The smallest absolute Gasteiger partial charge is 0.365 e. The molecular formula is C17H12BrF3N2O2. The van der Waals surface area contributed by atoms with Crippen molar-refractivity contribution in [1.29, 1.82) is 0 Å². The lowest BCUT2D eigenvalue weighted by atomic mass is 9.96. The van der Waals surface area contributed by atoms with E-state index in [-0.39, 0.29) is 11.1 Å². The topological polar surface area (TPSA) is 52.9 Å². The summed E-state index contributed by atoms with van der Waals surface area (Å²) in [5, 5.41) is 14.9. The van der Waals surface area contributed by atoms with E-state index in [1.54, 1.807) is 30.3 Å². The van der Waals surface area contributed by atoms with Gasteiger partial charge in [0.05, 0.1) is 6.42 Å². The van der Waals surface area contributed by atoms with E-state index in [0.717, 1.165) is 0 Å². The molecule has 8 heteroatoms. The van der Waals surface area contributed by atoms with E-state index in [2.05, 4.69) is 21.0 Å². The molecule has 1 aliphatic rings. The summed E-state index contributed by atoms with van der Waals surface area (Å²) >= 11 is 3.23. The molecule has 2 aromatic rings. The Morgan fingerprint density at radius 3 is 2.28 bits per heavy atom. The summed E-state index contributed by atoms with van der Waals surface area (Å²) in [7, 11) is 0. The Morgan fingerprint density at radius 2 is 1.72 bits per heavy atom. The van der Waals surface area contributed by atoms with Crippen LogP contribution in [0.15, 0.2) is 64.2 Å². The predicted octanol–water partition coefficient (Wildman–Crippen LogP) is 4.06. The van der Waals surface area contributed by atoms with Gasteiger partial charge in [-0.15, -0.1) is 0 Å². The number of aliphatic hydroxyl groups is 1. The minimum absolute atomic E-state index is 0.130. The van der Waals surface area contributed by atoms with Crippen LogP contribution in [0.1, 0.15) is 22.3 Å². The van der Waals surface area contributed by atoms with Gasteiger partial charge in [-0.1, -0.05) is 46.3 Å². The van der Waals surface area contributed by atoms with Crippen molar-refractivity contribution < 1.29 is 23.1 Å². The second kappa shape index (κ2) is 6.27. The van der Waals surface area contributed by atoms with E-state index in [1.165, 1.54) is 24.3 Å². The summed E-state index contributed by atoms with van der Waals surface area (Å²) < 4.78 is 40.1. The average molecular weight is 413 g/mol. The van der Waals surface area contributed by atoms with Crippen LogP contribution in [0.4, 0.5) is 13.2 Å².